The first-order chi connectivity index (χ1) is 10.3. The van der Waals surface area contributed by atoms with Gasteiger partial charge in [-0.15, -0.1) is 0 Å². The van der Waals surface area contributed by atoms with Gasteiger partial charge in [0.1, 0.15) is 6.61 Å². The van der Waals surface area contributed by atoms with Crippen LogP contribution in [0.3, 0.4) is 0 Å². The lowest BCUT2D eigenvalue weighted by molar-refractivity contribution is -0.145. The van der Waals surface area contributed by atoms with Crippen LogP contribution >= 0.6 is 22.6 Å². The van der Waals surface area contributed by atoms with Gasteiger partial charge in [-0.25, -0.2) is 0 Å². The number of alkyl halides is 1. The Hall–Kier alpha value is 0.160. The van der Waals surface area contributed by atoms with Crippen LogP contribution in [0.15, 0.2) is 0 Å². The third-order valence-corrected chi connectivity index (χ3v) is 4.16. The third-order valence-electron chi connectivity index (χ3n) is 3.40. The Bertz CT molecular complexity index is 222. The van der Waals surface area contributed by atoms with E-state index in [0.29, 0.717) is 19.6 Å². The van der Waals surface area contributed by atoms with Crippen molar-refractivity contribution >= 4 is 28.6 Å². The van der Waals surface area contributed by atoms with E-state index in [-0.39, 0.29) is 5.97 Å². The van der Waals surface area contributed by atoms with Crippen molar-refractivity contribution in [3.8, 4) is 0 Å². The van der Waals surface area contributed by atoms with Crippen molar-refractivity contribution in [3.63, 3.8) is 0 Å². The minimum absolute atomic E-state index is 0.0730. The molecule has 126 valence electrons. The SMILES string of the molecule is CCCCCCCCC(=O)OCCOCCCCCCI. The Labute approximate surface area is 144 Å². The molecule has 0 aliphatic rings. The van der Waals surface area contributed by atoms with Crippen molar-refractivity contribution in [3.05, 3.63) is 0 Å². The lowest BCUT2D eigenvalue weighted by Gasteiger charge is -2.06. The van der Waals surface area contributed by atoms with E-state index in [9.17, 15) is 4.79 Å². The fourth-order valence-electron chi connectivity index (χ4n) is 2.09. The van der Waals surface area contributed by atoms with E-state index >= 15 is 0 Å². The van der Waals surface area contributed by atoms with Gasteiger partial charge >= 0.3 is 5.97 Å². The van der Waals surface area contributed by atoms with Gasteiger partial charge in [0, 0.05) is 13.0 Å². The summed E-state index contributed by atoms with van der Waals surface area (Å²) in [4.78, 5) is 11.5. The molecule has 0 amide bonds. The molecule has 3 nitrogen and oxygen atoms in total. The third kappa shape index (κ3) is 18.1. The molecule has 0 atom stereocenters. The molecule has 0 bridgehead atoms. The van der Waals surface area contributed by atoms with E-state index < -0.39 is 0 Å². The van der Waals surface area contributed by atoms with Gasteiger partial charge < -0.3 is 9.47 Å². The average Bonchev–Trinajstić information content (AvgIpc) is 2.49. The first-order valence-corrected chi connectivity index (χ1v) is 10.1. The van der Waals surface area contributed by atoms with Gasteiger partial charge in [-0.1, -0.05) is 74.5 Å². The van der Waals surface area contributed by atoms with Crippen LogP contribution in [0.2, 0.25) is 0 Å². The minimum Gasteiger partial charge on any atom is -0.463 e. The summed E-state index contributed by atoms with van der Waals surface area (Å²) in [6.45, 7) is 3.94. The zero-order valence-electron chi connectivity index (χ0n) is 13.7. The Morgan fingerprint density at radius 1 is 0.810 bits per heavy atom. The summed E-state index contributed by atoms with van der Waals surface area (Å²) in [6.07, 6.45) is 12.7. The molecule has 0 aliphatic carbocycles. The van der Waals surface area contributed by atoms with Gasteiger partial charge in [0.05, 0.1) is 6.61 Å². The summed E-state index contributed by atoms with van der Waals surface area (Å²) in [5.74, 6) is -0.0730. The molecule has 0 aliphatic heterocycles. The highest BCUT2D eigenvalue weighted by Gasteiger charge is 2.02. The number of carbonyl (C=O) groups excluding carboxylic acids is 1. The zero-order chi connectivity index (χ0) is 15.6. The van der Waals surface area contributed by atoms with Crippen molar-refractivity contribution in [2.45, 2.75) is 77.6 Å². The molecular formula is C17H33IO3. The molecule has 0 aromatic heterocycles. The lowest BCUT2D eigenvalue weighted by Crippen LogP contribution is -2.10. The Kier molecular flexibility index (Phi) is 18.3. The summed E-state index contributed by atoms with van der Waals surface area (Å²) in [7, 11) is 0. The summed E-state index contributed by atoms with van der Waals surface area (Å²) in [5, 5.41) is 0. The van der Waals surface area contributed by atoms with Gasteiger partial charge in [-0.3, -0.25) is 4.79 Å². The second-order valence-corrected chi connectivity index (χ2v) is 6.53. The average molecular weight is 412 g/mol. The molecular weight excluding hydrogens is 379 g/mol. The van der Waals surface area contributed by atoms with Crippen LogP contribution in [0.5, 0.6) is 0 Å². The molecule has 0 unspecified atom stereocenters. The minimum atomic E-state index is -0.0730. The van der Waals surface area contributed by atoms with Crippen LogP contribution in [0.4, 0.5) is 0 Å². The van der Waals surface area contributed by atoms with E-state index in [1.54, 1.807) is 0 Å². The van der Waals surface area contributed by atoms with Gasteiger partial charge in [0.25, 0.3) is 0 Å². The number of esters is 1. The summed E-state index contributed by atoms with van der Waals surface area (Å²) >= 11 is 2.41. The van der Waals surface area contributed by atoms with E-state index in [2.05, 4.69) is 29.5 Å². The topological polar surface area (TPSA) is 35.5 Å². The highest BCUT2D eigenvalue weighted by Crippen LogP contribution is 2.07. The smallest absolute Gasteiger partial charge is 0.305 e. The first-order valence-electron chi connectivity index (χ1n) is 8.60. The molecule has 21 heavy (non-hydrogen) atoms. The maximum Gasteiger partial charge on any atom is 0.305 e. The molecule has 0 spiro atoms. The number of halogens is 1. The number of carbonyl (C=O) groups is 1. The molecule has 0 fully saturated rings. The highest BCUT2D eigenvalue weighted by molar-refractivity contribution is 14.1. The van der Waals surface area contributed by atoms with Gasteiger partial charge in [-0.05, 0) is 23.7 Å². The standard InChI is InChI=1S/C17H33IO3/c1-2-3-4-5-6-9-12-17(19)21-16-15-20-14-11-8-7-10-13-18/h2-16H2,1H3. The van der Waals surface area contributed by atoms with E-state index in [0.717, 1.165) is 25.9 Å². The number of ether oxygens (including phenoxy) is 2. The summed E-state index contributed by atoms with van der Waals surface area (Å²) in [5.41, 5.74) is 0. The number of hydrogen-bond acceptors (Lipinski definition) is 3. The second kappa shape index (κ2) is 18.2. The van der Waals surface area contributed by atoms with E-state index in [1.807, 2.05) is 0 Å². The van der Waals surface area contributed by atoms with Gasteiger partial charge in [0.15, 0.2) is 0 Å². The molecule has 0 N–H and O–H groups in total. The van der Waals surface area contributed by atoms with Crippen LogP contribution < -0.4 is 0 Å². The first kappa shape index (κ1) is 21.2. The van der Waals surface area contributed by atoms with Crippen LogP contribution in [0.25, 0.3) is 0 Å². The molecule has 0 radical (unpaired) electrons. The van der Waals surface area contributed by atoms with Crippen molar-refractivity contribution in [2.75, 3.05) is 24.2 Å². The molecule has 0 aromatic carbocycles. The fourth-order valence-corrected chi connectivity index (χ4v) is 2.63. The maximum atomic E-state index is 11.5. The highest BCUT2D eigenvalue weighted by atomic mass is 127. The molecule has 0 saturated carbocycles. The maximum absolute atomic E-state index is 11.5. The zero-order valence-corrected chi connectivity index (χ0v) is 15.9. The molecule has 4 heteroatoms. The van der Waals surface area contributed by atoms with Gasteiger partial charge in [0.2, 0.25) is 0 Å². The molecule has 0 saturated heterocycles. The van der Waals surface area contributed by atoms with Crippen LogP contribution in [0, 0.1) is 0 Å². The summed E-state index contributed by atoms with van der Waals surface area (Å²) in [6, 6.07) is 0. The summed E-state index contributed by atoms with van der Waals surface area (Å²) < 4.78 is 11.8. The van der Waals surface area contributed by atoms with Gasteiger partial charge in [-0.2, -0.15) is 0 Å². The van der Waals surface area contributed by atoms with Crippen LogP contribution in [-0.2, 0) is 14.3 Å². The monoisotopic (exact) mass is 412 g/mol. The number of unbranched alkanes of at least 4 members (excludes halogenated alkanes) is 8. The van der Waals surface area contributed by atoms with E-state index in [4.69, 9.17) is 9.47 Å². The Morgan fingerprint density at radius 3 is 2.24 bits per heavy atom. The molecule has 0 rings (SSSR count). The Balaban J connectivity index is 3.12. The van der Waals surface area contributed by atoms with Crippen LogP contribution in [-0.4, -0.2) is 30.2 Å². The fraction of sp³-hybridized carbons (Fsp3) is 0.941. The molecule has 0 heterocycles. The van der Waals surface area contributed by atoms with Crippen LogP contribution in [0.1, 0.15) is 77.6 Å². The van der Waals surface area contributed by atoms with Crippen molar-refractivity contribution in [2.24, 2.45) is 0 Å². The Morgan fingerprint density at radius 2 is 1.48 bits per heavy atom. The second-order valence-electron chi connectivity index (χ2n) is 5.45. The van der Waals surface area contributed by atoms with Crippen molar-refractivity contribution < 1.29 is 14.3 Å². The van der Waals surface area contributed by atoms with Crippen molar-refractivity contribution in [1.29, 1.82) is 0 Å². The molecule has 0 aromatic rings. The predicted octanol–water partition coefficient (Wildman–Crippen LogP) is 5.29. The number of rotatable bonds is 16. The normalized spacial score (nSPS) is 10.8. The lowest BCUT2D eigenvalue weighted by atomic mass is 10.1. The number of hydrogen-bond donors (Lipinski definition) is 0. The van der Waals surface area contributed by atoms with Crippen molar-refractivity contribution in [1.82, 2.24) is 0 Å². The quantitative estimate of drug-likeness (QED) is 0.150. The van der Waals surface area contributed by atoms with E-state index in [1.165, 1.54) is 49.4 Å². The predicted molar refractivity (Wildman–Crippen MR) is 97.1 cm³/mol. The largest absolute Gasteiger partial charge is 0.463 e.